The minimum absolute atomic E-state index is 0.427. The number of amides is 1. The summed E-state index contributed by atoms with van der Waals surface area (Å²) in [6.45, 7) is 10.3. The normalized spacial score (nSPS) is 11.8. The van der Waals surface area contributed by atoms with Crippen LogP contribution in [-0.2, 0) is 4.74 Å². The molecule has 3 rings (SSSR count). The number of ether oxygens (including phenoxy) is 2. The van der Waals surface area contributed by atoms with Crippen molar-refractivity contribution in [2.45, 2.75) is 33.3 Å². The smallest absolute Gasteiger partial charge is 0.407 e. The number of nitrogens with zero attached hydrogens (tertiary/aromatic N) is 4. The molecule has 0 aliphatic heterocycles. The van der Waals surface area contributed by atoms with E-state index in [4.69, 9.17) is 9.47 Å². The van der Waals surface area contributed by atoms with Crippen LogP contribution in [0.3, 0.4) is 0 Å². The van der Waals surface area contributed by atoms with Crippen LogP contribution in [-0.4, -0.2) is 38.6 Å². The lowest BCUT2D eigenvalue weighted by Crippen LogP contribution is -2.24. The van der Waals surface area contributed by atoms with E-state index < -0.39 is 12.2 Å². The van der Waals surface area contributed by atoms with Gasteiger partial charge in [-0.3, -0.25) is 9.38 Å². The molecule has 0 aromatic carbocycles. The second-order valence-corrected chi connectivity index (χ2v) is 6.45. The Balaban J connectivity index is 1.96. The summed E-state index contributed by atoms with van der Waals surface area (Å²) >= 11 is 0. The molecule has 3 heterocycles. The van der Waals surface area contributed by atoms with Gasteiger partial charge in [-0.25, -0.2) is 14.8 Å². The van der Waals surface area contributed by atoms with Gasteiger partial charge >= 0.3 is 6.09 Å². The fourth-order valence-electron chi connectivity index (χ4n) is 2.90. The standard InChI is InChI=1S/C21H25N5O3/c1-5-7-12-28-20-19-24-10-11-26(19)14(3)18(25-20)17-13-16(8-9-23-17)15(4)29-21(27)22-6-2/h5,8-11,13,15H,1,6-7,12H2,2-4H3,(H,22,27). The molecular weight excluding hydrogens is 370 g/mol. The lowest BCUT2D eigenvalue weighted by Gasteiger charge is -2.15. The van der Waals surface area contributed by atoms with Gasteiger partial charge in [0.1, 0.15) is 11.8 Å². The van der Waals surface area contributed by atoms with Crippen molar-refractivity contribution in [3.8, 4) is 17.3 Å². The van der Waals surface area contributed by atoms with Crippen LogP contribution in [0.25, 0.3) is 17.0 Å². The summed E-state index contributed by atoms with van der Waals surface area (Å²) in [6.07, 6.45) is 6.87. The number of nitrogens with one attached hydrogen (secondary N) is 1. The summed E-state index contributed by atoms with van der Waals surface area (Å²) in [4.78, 5) is 25.2. The Morgan fingerprint density at radius 1 is 1.38 bits per heavy atom. The molecule has 0 saturated heterocycles. The average Bonchev–Trinajstić information content (AvgIpc) is 3.21. The highest BCUT2D eigenvalue weighted by molar-refractivity contribution is 5.68. The number of pyridine rings is 1. The van der Waals surface area contributed by atoms with E-state index in [9.17, 15) is 4.79 Å². The van der Waals surface area contributed by atoms with Crippen LogP contribution in [0.4, 0.5) is 4.79 Å². The van der Waals surface area contributed by atoms with Crippen LogP contribution >= 0.6 is 0 Å². The average molecular weight is 395 g/mol. The summed E-state index contributed by atoms with van der Waals surface area (Å²) in [5, 5.41) is 2.63. The van der Waals surface area contributed by atoms with Crippen LogP contribution in [0.2, 0.25) is 0 Å². The van der Waals surface area contributed by atoms with E-state index in [1.807, 2.05) is 43.5 Å². The van der Waals surface area contributed by atoms with Crippen LogP contribution in [0.5, 0.6) is 5.88 Å². The Morgan fingerprint density at radius 3 is 2.97 bits per heavy atom. The van der Waals surface area contributed by atoms with E-state index in [2.05, 4.69) is 26.8 Å². The summed E-state index contributed by atoms with van der Waals surface area (Å²) in [6, 6.07) is 3.69. The van der Waals surface area contributed by atoms with E-state index in [1.54, 1.807) is 18.5 Å². The van der Waals surface area contributed by atoms with Crippen LogP contribution in [0, 0.1) is 6.92 Å². The fourth-order valence-corrected chi connectivity index (χ4v) is 2.90. The number of rotatable bonds is 8. The predicted molar refractivity (Wildman–Crippen MR) is 110 cm³/mol. The Morgan fingerprint density at radius 2 is 2.21 bits per heavy atom. The molecule has 0 saturated carbocycles. The highest BCUT2D eigenvalue weighted by Gasteiger charge is 2.18. The largest absolute Gasteiger partial charge is 0.475 e. The summed E-state index contributed by atoms with van der Waals surface area (Å²) in [5.74, 6) is 0.441. The van der Waals surface area contributed by atoms with E-state index in [1.165, 1.54) is 0 Å². The zero-order valence-corrected chi connectivity index (χ0v) is 16.9. The van der Waals surface area contributed by atoms with Crippen LogP contribution in [0.1, 0.15) is 37.6 Å². The molecule has 3 aromatic heterocycles. The van der Waals surface area contributed by atoms with Crippen LogP contribution in [0.15, 0.2) is 43.4 Å². The molecular formula is C21H25N5O3. The first-order chi connectivity index (χ1) is 14.0. The summed E-state index contributed by atoms with van der Waals surface area (Å²) in [5.41, 5.74) is 3.70. The lowest BCUT2D eigenvalue weighted by atomic mass is 10.1. The van der Waals surface area contributed by atoms with E-state index in [0.29, 0.717) is 42.5 Å². The maximum atomic E-state index is 11.7. The number of carbonyl (C=O) groups is 1. The maximum absolute atomic E-state index is 11.7. The van der Waals surface area contributed by atoms with Gasteiger partial charge in [-0.1, -0.05) is 6.08 Å². The molecule has 3 aromatic rings. The van der Waals surface area contributed by atoms with Crippen molar-refractivity contribution in [1.82, 2.24) is 24.7 Å². The fraction of sp³-hybridized carbons (Fsp3) is 0.333. The van der Waals surface area contributed by atoms with Crippen molar-refractivity contribution in [2.24, 2.45) is 0 Å². The molecule has 1 atom stereocenters. The van der Waals surface area contributed by atoms with E-state index in [0.717, 1.165) is 11.3 Å². The Hall–Kier alpha value is -3.42. The minimum Gasteiger partial charge on any atom is -0.475 e. The Kier molecular flexibility index (Phi) is 6.43. The molecule has 1 N–H and O–H groups in total. The van der Waals surface area contributed by atoms with Gasteiger partial charge in [0, 0.05) is 30.8 Å². The Labute approximate surface area is 169 Å². The third kappa shape index (κ3) is 4.53. The molecule has 0 aliphatic carbocycles. The first-order valence-corrected chi connectivity index (χ1v) is 9.53. The number of imidazole rings is 1. The van der Waals surface area contributed by atoms with Crippen molar-refractivity contribution in [3.05, 3.63) is 54.6 Å². The van der Waals surface area contributed by atoms with Crippen molar-refractivity contribution in [1.29, 1.82) is 0 Å². The monoisotopic (exact) mass is 395 g/mol. The summed E-state index contributed by atoms with van der Waals surface area (Å²) < 4.78 is 13.1. The van der Waals surface area contributed by atoms with Gasteiger partial charge in [-0.05, 0) is 44.9 Å². The SMILES string of the molecule is C=CCCOc1nc(-c2cc(C(C)OC(=O)NCC)ccn2)c(C)n2ccnc12. The first-order valence-electron chi connectivity index (χ1n) is 9.53. The maximum Gasteiger partial charge on any atom is 0.407 e. The second kappa shape index (κ2) is 9.18. The number of alkyl carbamates (subject to hydrolysis) is 1. The Bertz CT molecular complexity index is 1010. The molecule has 29 heavy (non-hydrogen) atoms. The number of aromatic nitrogens is 4. The van der Waals surface area contributed by atoms with Crippen LogP contribution < -0.4 is 10.1 Å². The minimum atomic E-state index is -0.453. The number of hydrogen-bond donors (Lipinski definition) is 1. The third-order valence-corrected chi connectivity index (χ3v) is 4.41. The van der Waals surface area contributed by atoms with Crippen molar-refractivity contribution in [3.63, 3.8) is 0 Å². The number of aryl methyl sites for hydroxylation is 1. The third-order valence-electron chi connectivity index (χ3n) is 4.41. The van der Waals surface area contributed by atoms with E-state index in [-0.39, 0.29) is 0 Å². The van der Waals surface area contributed by atoms with Crippen molar-refractivity contribution >= 4 is 11.7 Å². The van der Waals surface area contributed by atoms with Crippen molar-refractivity contribution in [2.75, 3.05) is 13.2 Å². The molecule has 1 amide bonds. The molecule has 8 nitrogen and oxygen atoms in total. The number of hydrogen-bond acceptors (Lipinski definition) is 6. The molecule has 0 radical (unpaired) electrons. The van der Waals surface area contributed by atoms with Gasteiger partial charge < -0.3 is 14.8 Å². The highest BCUT2D eigenvalue weighted by Crippen LogP contribution is 2.28. The van der Waals surface area contributed by atoms with Gasteiger partial charge in [0.2, 0.25) is 5.65 Å². The molecule has 1 unspecified atom stereocenters. The van der Waals surface area contributed by atoms with Crippen molar-refractivity contribution < 1.29 is 14.3 Å². The molecule has 0 aliphatic rings. The highest BCUT2D eigenvalue weighted by atomic mass is 16.6. The molecule has 8 heteroatoms. The zero-order chi connectivity index (χ0) is 20.8. The number of carbonyl (C=O) groups excluding carboxylic acids is 1. The second-order valence-electron chi connectivity index (χ2n) is 6.45. The topological polar surface area (TPSA) is 90.6 Å². The van der Waals surface area contributed by atoms with Gasteiger partial charge in [0.15, 0.2) is 0 Å². The number of fused-ring (bicyclic) bond motifs is 1. The predicted octanol–water partition coefficient (Wildman–Crippen LogP) is 3.86. The molecule has 0 spiro atoms. The lowest BCUT2D eigenvalue weighted by molar-refractivity contribution is 0.107. The molecule has 152 valence electrons. The van der Waals surface area contributed by atoms with Gasteiger partial charge in [0.25, 0.3) is 5.88 Å². The quantitative estimate of drug-likeness (QED) is 0.460. The molecule has 0 fully saturated rings. The molecule has 0 bridgehead atoms. The van der Waals surface area contributed by atoms with Gasteiger partial charge in [-0.15, -0.1) is 6.58 Å². The summed E-state index contributed by atoms with van der Waals surface area (Å²) in [7, 11) is 0. The first kappa shape index (κ1) is 20.3. The van der Waals surface area contributed by atoms with Gasteiger partial charge in [-0.2, -0.15) is 0 Å². The van der Waals surface area contributed by atoms with E-state index >= 15 is 0 Å². The zero-order valence-electron chi connectivity index (χ0n) is 16.9. The van der Waals surface area contributed by atoms with Gasteiger partial charge in [0.05, 0.1) is 12.3 Å².